The zero-order valence-electron chi connectivity index (χ0n) is 14.4. The number of esters is 1. The Morgan fingerprint density at radius 2 is 1.80 bits per heavy atom. The average molecular weight is 359 g/mol. The number of aromatic nitrogens is 2. The predicted octanol–water partition coefficient (Wildman–Crippen LogP) is 2.38. The second-order valence-electron chi connectivity index (χ2n) is 7.04. The van der Waals surface area contributed by atoms with E-state index in [4.69, 9.17) is 4.74 Å². The Morgan fingerprint density at radius 3 is 2.28 bits per heavy atom. The Balaban J connectivity index is 2.22. The van der Waals surface area contributed by atoms with Gasteiger partial charge in [0.1, 0.15) is 11.3 Å². The number of aryl methyl sites for hydroxylation is 1. The molecule has 0 unspecified atom stereocenters. The molecule has 6 nitrogen and oxygen atoms in total. The van der Waals surface area contributed by atoms with E-state index in [-0.39, 0.29) is 12.2 Å². The summed E-state index contributed by atoms with van der Waals surface area (Å²) in [6.45, 7) is 5.43. The molecule has 1 saturated heterocycles. The highest BCUT2D eigenvalue weighted by Gasteiger charge is 2.54. The van der Waals surface area contributed by atoms with Gasteiger partial charge in [0, 0.05) is 19.3 Å². The van der Waals surface area contributed by atoms with Crippen LogP contribution in [0.5, 0.6) is 0 Å². The van der Waals surface area contributed by atoms with E-state index in [1.807, 2.05) is 0 Å². The van der Waals surface area contributed by atoms with Crippen molar-refractivity contribution in [2.24, 2.45) is 11.8 Å². The lowest BCUT2D eigenvalue weighted by molar-refractivity contribution is -0.194. The first-order valence-corrected chi connectivity index (χ1v) is 7.76. The van der Waals surface area contributed by atoms with Gasteiger partial charge in [0.25, 0.3) is 5.91 Å². The lowest BCUT2D eigenvalue weighted by atomic mass is 9.95. The van der Waals surface area contributed by atoms with Crippen molar-refractivity contribution in [3.8, 4) is 0 Å². The van der Waals surface area contributed by atoms with Crippen LogP contribution < -0.4 is 0 Å². The Labute approximate surface area is 143 Å². The van der Waals surface area contributed by atoms with Crippen molar-refractivity contribution in [2.45, 2.75) is 39.5 Å². The second-order valence-corrected chi connectivity index (χ2v) is 7.04. The number of carbonyl (C=O) groups excluding carboxylic acids is 2. The summed E-state index contributed by atoms with van der Waals surface area (Å²) in [5, 5.41) is 0. The first-order chi connectivity index (χ1) is 11.4. The third-order valence-electron chi connectivity index (χ3n) is 3.74. The fourth-order valence-electron chi connectivity index (χ4n) is 2.58. The molecule has 25 heavy (non-hydrogen) atoms. The smallest absolute Gasteiger partial charge is 0.394 e. The maximum absolute atomic E-state index is 13.3. The number of ether oxygens (including phenoxy) is 1. The maximum Gasteiger partial charge on any atom is 0.394 e. The van der Waals surface area contributed by atoms with E-state index in [0.717, 1.165) is 4.90 Å². The molecule has 1 aromatic heterocycles. The third kappa shape index (κ3) is 4.67. The van der Waals surface area contributed by atoms with Crippen molar-refractivity contribution in [2.75, 3.05) is 13.1 Å². The van der Waals surface area contributed by atoms with Crippen molar-refractivity contribution < 1.29 is 27.5 Å². The number of halogens is 3. The molecular weight excluding hydrogens is 339 g/mol. The van der Waals surface area contributed by atoms with E-state index in [1.54, 1.807) is 27.7 Å². The van der Waals surface area contributed by atoms with Crippen molar-refractivity contribution in [1.82, 2.24) is 14.9 Å². The van der Waals surface area contributed by atoms with Crippen LogP contribution in [-0.4, -0.2) is 51.6 Å². The summed E-state index contributed by atoms with van der Waals surface area (Å²) in [6, 6.07) is 0. The minimum Gasteiger partial charge on any atom is -0.460 e. The molecule has 1 aliphatic rings. The number of nitrogens with zero attached hydrogens (tertiary/aromatic N) is 3. The van der Waals surface area contributed by atoms with Crippen LogP contribution in [-0.2, 0) is 9.53 Å². The first kappa shape index (κ1) is 19.1. The summed E-state index contributed by atoms with van der Waals surface area (Å²) < 4.78 is 45.1. The number of amides is 1. The fraction of sp³-hybridized carbons (Fsp3) is 0.625. The number of rotatable bonds is 2. The van der Waals surface area contributed by atoms with Crippen LogP contribution in [0, 0.1) is 18.8 Å². The standard InChI is InChI=1S/C16H20F3N3O3/c1-9-5-21-12(6-20-9)13(23)22-7-10(11(8-22)16(17,18)19)14(24)25-15(2,3)4/h5-6,10-11H,7-8H2,1-4H3/t10-,11-/m0/s1. The van der Waals surface area contributed by atoms with E-state index < -0.39 is 42.0 Å². The van der Waals surface area contributed by atoms with Crippen molar-refractivity contribution in [3.05, 3.63) is 23.8 Å². The molecule has 0 saturated carbocycles. The molecule has 2 rings (SSSR count). The number of hydrogen-bond donors (Lipinski definition) is 0. The zero-order valence-corrected chi connectivity index (χ0v) is 14.4. The van der Waals surface area contributed by atoms with Crippen LogP contribution in [0.2, 0.25) is 0 Å². The van der Waals surface area contributed by atoms with Gasteiger partial charge in [0.2, 0.25) is 0 Å². The van der Waals surface area contributed by atoms with Crippen LogP contribution in [0.4, 0.5) is 13.2 Å². The van der Waals surface area contributed by atoms with Gasteiger partial charge in [-0.2, -0.15) is 13.2 Å². The summed E-state index contributed by atoms with van der Waals surface area (Å²) in [5.41, 5.74) is -0.387. The van der Waals surface area contributed by atoms with Crippen LogP contribution >= 0.6 is 0 Å². The summed E-state index contributed by atoms with van der Waals surface area (Å²) in [5.74, 6) is -5.07. The lowest BCUT2D eigenvalue weighted by Gasteiger charge is -2.25. The Morgan fingerprint density at radius 1 is 1.16 bits per heavy atom. The average Bonchev–Trinajstić information content (AvgIpc) is 2.91. The summed E-state index contributed by atoms with van der Waals surface area (Å²) in [7, 11) is 0. The first-order valence-electron chi connectivity index (χ1n) is 7.76. The number of likely N-dealkylation sites (tertiary alicyclic amines) is 1. The highest BCUT2D eigenvalue weighted by molar-refractivity contribution is 5.92. The van der Waals surface area contributed by atoms with Gasteiger partial charge in [-0.05, 0) is 27.7 Å². The lowest BCUT2D eigenvalue weighted by Crippen LogP contribution is -2.37. The Bertz CT molecular complexity index is 653. The van der Waals surface area contributed by atoms with Crippen LogP contribution in [0.25, 0.3) is 0 Å². The molecule has 0 bridgehead atoms. The van der Waals surface area contributed by atoms with Crippen molar-refractivity contribution >= 4 is 11.9 Å². The van der Waals surface area contributed by atoms with E-state index in [0.29, 0.717) is 5.69 Å². The summed E-state index contributed by atoms with van der Waals surface area (Å²) >= 11 is 0. The number of alkyl halides is 3. The molecule has 0 spiro atoms. The van der Waals surface area contributed by atoms with E-state index >= 15 is 0 Å². The molecule has 2 atom stereocenters. The molecule has 0 aliphatic carbocycles. The molecule has 138 valence electrons. The van der Waals surface area contributed by atoms with Crippen molar-refractivity contribution in [3.63, 3.8) is 0 Å². The normalized spacial score (nSPS) is 21.3. The van der Waals surface area contributed by atoms with Gasteiger partial charge >= 0.3 is 12.1 Å². The molecule has 0 aromatic carbocycles. The van der Waals surface area contributed by atoms with Gasteiger partial charge in [-0.3, -0.25) is 14.6 Å². The van der Waals surface area contributed by atoms with Gasteiger partial charge in [0.05, 0.1) is 23.7 Å². The molecule has 1 fully saturated rings. The highest BCUT2D eigenvalue weighted by atomic mass is 19.4. The molecule has 1 aromatic rings. The third-order valence-corrected chi connectivity index (χ3v) is 3.74. The SMILES string of the molecule is Cc1cnc(C(=O)N2C[C@H](C(=O)OC(C)(C)C)[C@@H](C(F)(F)F)C2)cn1. The molecule has 0 N–H and O–H groups in total. The molecular formula is C16H20F3N3O3. The maximum atomic E-state index is 13.3. The minimum atomic E-state index is -4.62. The van der Waals surface area contributed by atoms with E-state index in [9.17, 15) is 22.8 Å². The monoisotopic (exact) mass is 359 g/mol. The van der Waals surface area contributed by atoms with Crippen LogP contribution in [0.3, 0.4) is 0 Å². The van der Waals surface area contributed by atoms with Crippen LogP contribution in [0.15, 0.2) is 12.4 Å². The van der Waals surface area contributed by atoms with E-state index in [2.05, 4.69) is 9.97 Å². The molecule has 0 radical (unpaired) electrons. The molecule has 9 heteroatoms. The zero-order chi connectivity index (χ0) is 19.0. The second kappa shape index (κ2) is 6.61. The van der Waals surface area contributed by atoms with Gasteiger partial charge in [-0.1, -0.05) is 0 Å². The Hall–Kier alpha value is -2.19. The van der Waals surface area contributed by atoms with Gasteiger partial charge in [-0.15, -0.1) is 0 Å². The molecule has 1 amide bonds. The topological polar surface area (TPSA) is 72.4 Å². The van der Waals surface area contributed by atoms with Gasteiger partial charge < -0.3 is 9.64 Å². The summed E-state index contributed by atoms with van der Waals surface area (Å²) in [6.07, 6.45) is -2.05. The fourth-order valence-corrected chi connectivity index (χ4v) is 2.58. The molecule has 2 heterocycles. The number of hydrogen-bond acceptors (Lipinski definition) is 5. The van der Waals surface area contributed by atoms with Gasteiger partial charge in [0.15, 0.2) is 0 Å². The Kier molecular flexibility index (Phi) is 5.06. The minimum absolute atomic E-state index is 0.0589. The summed E-state index contributed by atoms with van der Waals surface area (Å²) in [4.78, 5) is 33.4. The van der Waals surface area contributed by atoms with Crippen molar-refractivity contribution in [1.29, 1.82) is 0 Å². The van der Waals surface area contributed by atoms with E-state index in [1.165, 1.54) is 12.4 Å². The largest absolute Gasteiger partial charge is 0.460 e. The molecule has 1 aliphatic heterocycles. The quantitative estimate of drug-likeness (QED) is 0.758. The highest BCUT2D eigenvalue weighted by Crippen LogP contribution is 2.39. The predicted molar refractivity (Wildman–Crippen MR) is 81.6 cm³/mol. The van der Waals surface area contributed by atoms with Crippen LogP contribution in [0.1, 0.15) is 37.0 Å². The number of carbonyl (C=O) groups is 2. The van der Waals surface area contributed by atoms with Gasteiger partial charge in [-0.25, -0.2) is 4.98 Å².